The highest BCUT2D eigenvalue weighted by molar-refractivity contribution is 9.10. The zero-order valence-corrected chi connectivity index (χ0v) is 12.9. The van der Waals surface area contributed by atoms with Crippen LogP contribution in [0.15, 0.2) is 59.1 Å². The first-order valence-corrected chi connectivity index (χ1v) is 7.00. The van der Waals surface area contributed by atoms with Crippen LogP contribution in [0.1, 0.15) is 22.0 Å². The highest BCUT2D eigenvalue weighted by Crippen LogP contribution is 2.21. The molecule has 1 atom stereocenters. The molecule has 0 heterocycles. The van der Waals surface area contributed by atoms with Gasteiger partial charge in [0.25, 0.3) is 0 Å². The number of ether oxygens (including phenoxy) is 2. The zero-order valence-electron chi connectivity index (χ0n) is 11.3. The standard InChI is InChI=1S/C16H13BrO4/c1-20-16(19)14(11-5-3-2-4-6-11)21-15(18)12-7-9-13(17)10-8-12/h2-10,14H,1H3/t14-/m1/s1. The Balaban J connectivity index is 2.21. The first-order chi connectivity index (χ1) is 10.1. The van der Waals surface area contributed by atoms with Gasteiger partial charge in [0, 0.05) is 10.0 Å². The van der Waals surface area contributed by atoms with Gasteiger partial charge >= 0.3 is 11.9 Å². The molecule has 0 N–H and O–H groups in total. The summed E-state index contributed by atoms with van der Waals surface area (Å²) in [6.45, 7) is 0. The number of halogens is 1. The summed E-state index contributed by atoms with van der Waals surface area (Å²) in [5.74, 6) is -1.20. The summed E-state index contributed by atoms with van der Waals surface area (Å²) in [6, 6.07) is 15.4. The average molecular weight is 349 g/mol. The molecule has 0 saturated heterocycles. The molecule has 0 radical (unpaired) electrons. The van der Waals surface area contributed by atoms with E-state index in [9.17, 15) is 9.59 Å². The fraction of sp³-hybridized carbons (Fsp3) is 0.125. The second kappa shape index (κ2) is 7.04. The topological polar surface area (TPSA) is 52.6 Å². The Morgan fingerprint density at radius 1 is 1.00 bits per heavy atom. The molecule has 0 bridgehead atoms. The Labute approximate surface area is 130 Å². The number of methoxy groups -OCH3 is 1. The van der Waals surface area contributed by atoms with Crippen LogP contribution in [0, 0.1) is 0 Å². The van der Waals surface area contributed by atoms with Crippen molar-refractivity contribution in [1.29, 1.82) is 0 Å². The Hall–Kier alpha value is -2.14. The van der Waals surface area contributed by atoms with Crippen LogP contribution in [0.25, 0.3) is 0 Å². The lowest BCUT2D eigenvalue weighted by molar-refractivity contribution is -0.151. The third kappa shape index (κ3) is 3.92. The van der Waals surface area contributed by atoms with Crippen LogP contribution in [0.5, 0.6) is 0 Å². The van der Waals surface area contributed by atoms with Gasteiger partial charge in [-0.05, 0) is 24.3 Å². The third-order valence-electron chi connectivity index (χ3n) is 2.82. The number of hydrogen-bond donors (Lipinski definition) is 0. The molecule has 2 rings (SSSR count). The predicted octanol–water partition coefficient (Wildman–Crippen LogP) is 3.52. The van der Waals surface area contributed by atoms with Crippen molar-refractivity contribution >= 4 is 27.9 Å². The van der Waals surface area contributed by atoms with Crippen LogP contribution in [0.4, 0.5) is 0 Å². The monoisotopic (exact) mass is 348 g/mol. The molecule has 2 aromatic carbocycles. The van der Waals surface area contributed by atoms with Crippen LogP contribution in [-0.4, -0.2) is 19.0 Å². The molecule has 0 aliphatic rings. The Morgan fingerprint density at radius 2 is 1.62 bits per heavy atom. The largest absolute Gasteiger partial charge is 0.466 e. The molecule has 0 spiro atoms. The number of rotatable bonds is 4. The molecule has 0 aliphatic carbocycles. The van der Waals surface area contributed by atoms with Gasteiger partial charge in [-0.2, -0.15) is 0 Å². The molecule has 2 aromatic rings. The molecular weight excluding hydrogens is 336 g/mol. The third-order valence-corrected chi connectivity index (χ3v) is 3.35. The van der Waals surface area contributed by atoms with Gasteiger partial charge in [-0.1, -0.05) is 46.3 Å². The summed E-state index contributed by atoms with van der Waals surface area (Å²) >= 11 is 3.29. The Morgan fingerprint density at radius 3 is 2.19 bits per heavy atom. The van der Waals surface area contributed by atoms with Gasteiger partial charge in [-0.3, -0.25) is 0 Å². The molecular formula is C16H13BrO4. The van der Waals surface area contributed by atoms with Gasteiger partial charge in [0.15, 0.2) is 0 Å². The summed E-state index contributed by atoms with van der Waals surface area (Å²) in [7, 11) is 1.26. The lowest BCUT2D eigenvalue weighted by Crippen LogP contribution is -2.21. The highest BCUT2D eigenvalue weighted by Gasteiger charge is 2.26. The lowest BCUT2D eigenvalue weighted by Gasteiger charge is -2.16. The second-order valence-corrected chi connectivity index (χ2v) is 5.14. The van der Waals surface area contributed by atoms with E-state index in [0.717, 1.165) is 4.47 Å². The summed E-state index contributed by atoms with van der Waals surface area (Å²) < 4.78 is 10.8. The normalized spacial score (nSPS) is 11.5. The van der Waals surface area contributed by atoms with Gasteiger partial charge < -0.3 is 9.47 Å². The quantitative estimate of drug-likeness (QED) is 0.793. The van der Waals surface area contributed by atoms with Gasteiger partial charge in [0.2, 0.25) is 6.10 Å². The van der Waals surface area contributed by atoms with Crippen LogP contribution < -0.4 is 0 Å². The number of esters is 2. The van der Waals surface area contributed by atoms with Gasteiger partial charge in [-0.25, -0.2) is 9.59 Å². The maximum Gasteiger partial charge on any atom is 0.351 e. The maximum absolute atomic E-state index is 12.1. The minimum atomic E-state index is -1.08. The van der Waals surface area contributed by atoms with Crippen LogP contribution in [0.2, 0.25) is 0 Å². The van der Waals surface area contributed by atoms with Crippen LogP contribution in [-0.2, 0) is 14.3 Å². The zero-order chi connectivity index (χ0) is 15.2. The minimum Gasteiger partial charge on any atom is -0.466 e. The number of carbonyl (C=O) groups excluding carboxylic acids is 2. The fourth-order valence-electron chi connectivity index (χ4n) is 1.75. The Kier molecular flexibility index (Phi) is 5.11. The van der Waals surface area contributed by atoms with E-state index >= 15 is 0 Å². The van der Waals surface area contributed by atoms with Crippen molar-refractivity contribution in [3.05, 3.63) is 70.2 Å². The van der Waals surface area contributed by atoms with E-state index in [0.29, 0.717) is 11.1 Å². The smallest absolute Gasteiger partial charge is 0.351 e. The summed E-state index contributed by atoms with van der Waals surface area (Å²) in [5.41, 5.74) is 0.929. The Bertz CT molecular complexity index is 622. The predicted molar refractivity (Wildman–Crippen MR) is 80.8 cm³/mol. The number of hydrogen-bond acceptors (Lipinski definition) is 4. The van der Waals surface area contributed by atoms with E-state index in [1.54, 1.807) is 48.5 Å². The molecule has 5 heteroatoms. The van der Waals surface area contributed by atoms with E-state index in [4.69, 9.17) is 9.47 Å². The lowest BCUT2D eigenvalue weighted by atomic mass is 10.1. The first-order valence-electron chi connectivity index (χ1n) is 6.21. The molecule has 0 aliphatic heterocycles. The SMILES string of the molecule is COC(=O)[C@H](OC(=O)c1ccc(Br)cc1)c1ccccc1. The molecule has 21 heavy (non-hydrogen) atoms. The summed E-state index contributed by atoms with van der Waals surface area (Å²) in [6.07, 6.45) is -1.08. The van der Waals surface area contributed by atoms with Gasteiger partial charge in [-0.15, -0.1) is 0 Å². The van der Waals surface area contributed by atoms with Crippen molar-refractivity contribution in [1.82, 2.24) is 0 Å². The second-order valence-electron chi connectivity index (χ2n) is 4.23. The van der Waals surface area contributed by atoms with E-state index in [1.807, 2.05) is 6.07 Å². The minimum absolute atomic E-state index is 0.364. The molecule has 0 saturated carbocycles. The van der Waals surface area contributed by atoms with Crippen molar-refractivity contribution in [2.24, 2.45) is 0 Å². The molecule has 0 unspecified atom stereocenters. The van der Waals surface area contributed by atoms with Gasteiger partial charge in [0.05, 0.1) is 12.7 Å². The molecule has 108 valence electrons. The highest BCUT2D eigenvalue weighted by atomic mass is 79.9. The average Bonchev–Trinajstić information content (AvgIpc) is 2.53. The number of benzene rings is 2. The summed E-state index contributed by atoms with van der Waals surface area (Å²) in [5, 5.41) is 0. The van der Waals surface area contributed by atoms with E-state index in [2.05, 4.69) is 15.9 Å². The molecule has 4 nitrogen and oxygen atoms in total. The molecule has 0 aromatic heterocycles. The van der Waals surface area contributed by atoms with E-state index in [-0.39, 0.29) is 0 Å². The molecule has 0 fully saturated rings. The van der Waals surface area contributed by atoms with Crippen molar-refractivity contribution in [3.63, 3.8) is 0 Å². The summed E-state index contributed by atoms with van der Waals surface area (Å²) in [4.78, 5) is 23.9. The maximum atomic E-state index is 12.1. The van der Waals surface area contributed by atoms with E-state index < -0.39 is 18.0 Å². The van der Waals surface area contributed by atoms with Gasteiger partial charge in [0.1, 0.15) is 0 Å². The number of carbonyl (C=O) groups is 2. The van der Waals surface area contributed by atoms with Crippen molar-refractivity contribution in [2.45, 2.75) is 6.10 Å². The first kappa shape index (κ1) is 15.3. The van der Waals surface area contributed by atoms with Crippen LogP contribution >= 0.6 is 15.9 Å². The van der Waals surface area contributed by atoms with Crippen LogP contribution in [0.3, 0.4) is 0 Å². The van der Waals surface area contributed by atoms with E-state index in [1.165, 1.54) is 7.11 Å². The van der Waals surface area contributed by atoms with Crippen molar-refractivity contribution < 1.29 is 19.1 Å². The van der Waals surface area contributed by atoms with Crippen molar-refractivity contribution in [2.75, 3.05) is 7.11 Å². The van der Waals surface area contributed by atoms with Crippen molar-refractivity contribution in [3.8, 4) is 0 Å². The fourth-order valence-corrected chi connectivity index (χ4v) is 2.01. The molecule has 0 amide bonds.